The summed E-state index contributed by atoms with van der Waals surface area (Å²) in [5.41, 5.74) is 1.10. The van der Waals surface area contributed by atoms with Crippen LogP contribution in [0.2, 0.25) is 0 Å². The molecule has 1 N–H and O–H groups in total. The number of benzene rings is 2. The molecule has 1 atom stereocenters. The average molecular weight is 483 g/mol. The fourth-order valence-electron chi connectivity index (χ4n) is 4.10. The number of ether oxygens (including phenoxy) is 1. The second-order valence-corrected chi connectivity index (χ2v) is 10.2. The van der Waals surface area contributed by atoms with Crippen LogP contribution in [0.1, 0.15) is 48.3 Å². The smallest absolute Gasteiger partial charge is 0.287 e. The van der Waals surface area contributed by atoms with Crippen LogP contribution < -0.4 is 10.1 Å². The first-order valence-corrected chi connectivity index (χ1v) is 13.1. The summed E-state index contributed by atoms with van der Waals surface area (Å²) < 4.78 is 36.6. The maximum absolute atomic E-state index is 12.8. The maximum atomic E-state index is 12.8. The lowest BCUT2D eigenvalue weighted by atomic mass is 10.1. The quantitative estimate of drug-likeness (QED) is 0.459. The van der Waals surface area contributed by atoms with E-state index in [2.05, 4.69) is 17.1 Å². The summed E-state index contributed by atoms with van der Waals surface area (Å²) in [5.74, 6) is 0.358. The largest absolute Gasteiger partial charge is 0.494 e. The Bertz CT molecular complexity index is 1180. The van der Waals surface area contributed by atoms with Gasteiger partial charge in [0.05, 0.1) is 17.5 Å². The number of furan rings is 1. The number of nitrogens with one attached hydrogen (secondary N) is 1. The zero-order valence-corrected chi connectivity index (χ0v) is 20.1. The summed E-state index contributed by atoms with van der Waals surface area (Å²) in [6.45, 7) is 5.06. The number of carbonyl (C=O) groups is 1. The minimum atomic E-state index is -3.82. The predicted octanol–water partition coefficient (Wildman–Crippen LogP) is 4.47. The van der Waals surface area contributed by atoms with E-state index in [9.17, 15) is 13.2 Å². The number of sulfone groups is 1. The summed E-state index contributed by atoms with van der Waals surface area (Å²) in [6.07, 6.45) is 3.20. The fourth-order valence-corrected chi connectivity index (χ4v) is 5.29. The molecule has 1 aromatic heterocycles. The lowest BCUT2D eigenvalue weighted by Gasteiger charge is -2.28. The molecule has 1 aliphatic rings. The van der Waals surface area contributed by atoms with Crippen LogP contribution in [0.4, 0.5) is 0 Å². The van der Waals surface area contributed by atoms with Crippen molar-refractivity contribution < 1.29 is 22.4 Å². The van der Waals surface area contributed by atoms with Gasteiger partial charge in [0, 0.05) is 6.54 Å². The summed E-state index contributed by atoms with van der Waals surface area (Å²) >= 11 is 0. The van der Waals surface area contributed by atoms with Crippen LogP contribution in [0, 0.1) is 0 Å². The zero-order chi connectivity index (χ0) is 24.0. The number of amides is 1. The van der Waals surface area contributed by atoms with Gasteiger partial charge in [0.1, 0.15) is 5.75 Å². The molecule has 0 spiro atoms. The molecule has 1 aliphatic heterocycles. The Morgan fingerprint density at radius 1 is 1.03 bits per heavy atom. The van der Waals surface area contributed by atoms with Gasteiger partial charge in [-0.3, -0.25) is 9.69 Å². The molecular formula is C26H30N2O5S. The molecule has 7 nitrogen and oxygen atoms in total. The Kier molecular flexibility index (Phi) is 7.70. The number of hydrogen-bond donors (Lipinski definition) is 1. The average Bonchev–Trinajstić information content (AvgIpc) is 3.57. The molecule has 34 heavy (non-hydrogen) atoms. The highest BCUT2D eigenvalue weighted by atomic mass is 32.2. The van der Waals surface area contributed by atoms with Gasteiger partial charge in [-0.1, -0.05) is 37.3 Å². The van der Waals surface area contributed by atoms with Crippen LogP contribution in [0.15, 0.2) is 81.1 Å². The molecule has 4 rings (SSSR count). The molecule has 0 radical (unpaired) electrons. The third kappa shape index (κ3) is 5.51. The Morgan fingerprint density at radius 3 is 2.41 bits per heavy atom. The topological polar surface area (TPSA) is 88.8 Å². The van der Waals surface area contributed by atoms with E-state index in [1.807, 2.05) is 24.3 Å². The van der Waals surface area contributed by atoms with Crippen LogP contribution in [0.5, 0.6) is 5.75 Å². The number of nitrogens with zero attached hydrogens (tertiary/aromatic N) is 1. The second-order valence-electron chi connectivity index (χ2n) is 8.32. The van der Waals surface area contributed by atoms with Gasteiger partial charge >= 0.3 is 0 Å². The molecule has 1 saturated heterocycles. The van der Waals surface area contributed by atoms with Gasteiger partial charge in [0.15, 0.2) is 5.76 Å². The Morgan fingerprint density at radius 2 is 1.74 bits per heavy atom. The predicted molar refractivity (Wildman–Crippen MR) is 129 cm³/mol. The van der Waals surface area contributed by atoms with Crippen molar-refractivity contribution in [1.29, 1.82) is 0 Å². The molecule has 2 aromatic carbocycles. The molecule has 8 heteroatoms. The monoisotopic (exact) mass is 482 g/mol. The first-order chi connectivity index (χ1) is 16.5. The van der Waals surface area contributed by atoms with Gasteiger partial charge in [-0.25, -0.2) is 8.42 Å². The summed E-state index contributed by atoms with van der Waals surface area (Å²) in [4.78, 5) is 15.3. The lowest BCUT2D eigenvalue weighted by Crippen LogP contribution is -2.36. The Balaban J connectivity index is 1.45. The van der Waals surface area contributed by atoms with E-state index in [-0.39, 0.29) is 21.8 Å². The molecule has 1 amide bonds. The first-order valence-electron chi connectivity index (χ1n) is 11.6. The van der Waals surface area contributed by atoms with Crippen molar-refractivity contribution in [3.05, 3.63) is 78.1 Å². The highest BCUT2D eigenvalue weighted by Gasteiger charge is 2.26. The van der Waals surface area contributed by atoms with Crippen molar-refractivity contribution in [2.75, 3.05) is 26.2 Å². The van der Waals surface area contributed by atoms with Crippen LogP contribution in [0.3, 0.4) is 0 Å². The van der Waals surface area contributed by atoms with E-state index in [1.165, 1.54) is 24.3 Å². The van der Waals surface area contributed by atoms with Gasteiger partial charge in [0.25, 0.3) is 5.91 Å². The number of hydrogen-bond acceptors (Lipinski definition) is 6. The van der Waals surface area contributed by atoms with E-state index in [0.717, 1.165) is 43.7 Å². The highest BCUT2D eigenvalue weighted by molar-refractivity contribution is 7.91. The van der Waals surface area contributed by atoms with Crippen LogP contribution >= 0.6 is 0 Å². The summed E-state index contributed by atoms with van der Waals surface area (Å²) in [5, 5.41) is 2.68. The van der Waals surface area contributed by atoms with Gasteiger partial charge < -0.3 is 14.5 Å². The van der Waals surface area contributed by atoms with Crippen molar-refractivity contribution in [3.8, 4) is 5.75 Å². The molecule has 2 heterocycles. The second kappa shape index (κ2) is 10.9. The van der Waals surface area contributed by atoms with E-state index >= 15 is 0 Å². The summed E-state index contributed by atoms with van der Waals surface area (Å²) in [7, 11) is -3.82. The Labute approximate surface area is 200 Å². The van der Waals surface area contributed by atoms with Crippen molar-refractivity contribution in [2.45, 2.75) is 42.2 Å². The molecule has 1 unspecified atom stereocenters. The standard InChI is InChI=1S/C26H30N2O5S/c1-2-18-32-21-12-10-20(11-13-21)23(28-16-6-7-17-28)19-27-26(29)24-14-15-25(33-24)34(30,31)22-8-4-3-5-9-22/h3-5,8-15,23H,2,6-7,16-19H2,1H3,(H,27,29). The zero-order valence-electron chi connectivity index (χ0n) is 19.3. The lowest BCUT2D eigenvalue weighted by molar-refractivity contribution is 0.0905. The van der Waals surface area contributed by atoms with Crippen molar-refractivity contribution in [2.24, 2.45) is 0 Å². The van der Waals surface area contributed by atoms with Crippen LogP contribution in [-0.4, -0.2) is 45.5 Å². The van der Waals surface area contributed by atoms with Gasteiger partial charge in [-0.05, 0) is 74.3 Å². The SMILES string of the molecule is CCCOc1ccc(C(CNC(=O)c2ccc(S(=O)(=O)c3ccccc3)o2)N2CCCC2)cc1. The van der Waals surface area contributed by atoms with E-state index < -0.39 is 15.7 Å². The van der Waals surface area contributed by atoms with E-state index in [0.29, 0.717) is 13.2 Å². The maximum Gasteiger partial charge on any atom is 0.287 e. The van der Waals surface area contributed by atoms with Gasteiger partial charge in [0.2, 0.25) is 14.9 Å². The third-order valence-electron chi connectivity index (χ3n) is 5.90. The third-order valence-corrected chi connectivity index (χ3v) is 7.54. The molecule has 3 aromatic rings. The number of rotatable bonds is 10. The molecule has 0 saturated carbocycles. The van der Waals surface area contributed by atoms with Crippen LogP contribution in [0.25, 0.3) is 0 Å². The van der Waals surface area contributed by atoms with Crippen molar-refractivity contribution >= 4 is 15.7 Å². The van der Waals surface area contributed by atoms with E-state index in [1.54, 1.807) is 18.2 Å². The van der Waals surface area contributed by atoms with Gasteiger partial charge in [-0.15, -0.1) is 0 Å². The van der Waals surface area contributed by atoms with Crippen molar-refractivity contribution in [3.63, 3.8) is 0 Å². The van der Waals surface area contributed by atoms with Crippen LogP contribution in [-0.2, 0) is 9.84 Å². The van der Waals surface area contributed by atoms with Crippen molar-refractivity contribution in [1.82, 2.24) is 10.2 Å². The normalized spacial score (nSPS) is 15.2. The van der Waals surface area contributed by atoms with E-state index in [4.69, 9.17) is 9.15 Å². The Hall–Kier alpha value is -3.10. The molecular weight excluding hydrogens is 452 g/mol. The number of carbonyl (C=O) groups excluding carboxylic acids is 1. The fraction of sp³-hybridized carbons (Fsp3) is 0.346. The van der Waals surface area contributed by atoms with Gasteiger partial charge in [-0.2, -0.15) is 0 Å². The summed E-state index contributed by atoms with van der Waals surface area (Å²) in [6, 6.07) is 18.8. The molecule has 180 valence electrons. The minimum Gasteiger partial charge on any atom is -0.494 e. The molecule has 0 bridgehead atoms. The molecule has 1 fully saturated rings. The highest BCUT2D eigenvalue weighted by Crippen LogP contribution is 2.27. The number of likely N-dealkylation sites (tertiary alicyclic amines) is 1. The minimum absolute atomic E-state index is 0.00848. The first kappa shape index (κ1) is 24.0. The molecule has 0 aliphatic carbocycles.